The van der Waals surface area contributed by atoms with E-state index in [0.717, 1.165) is 18.4 Å². The molecule has 1 aromatic carbocycles. The maximum absolute atomic E-state index is 12.5. The van der Waals surface area contributed by atoms with Gasteiger partial charge in [0.25, 0.3) is 5.91 Å². The Morgan fingerprint density at radius 2 is 2.12 bits per heavy atom. The molecule has 130 valence electrons. The summed E-state index contributed by atoms with van der Waals surface area (Å²) in [5.74, 6) is -1.08. The van der Waals surface area contributed by atoms with Crippen molar-refractivity contribution < 1.29 is 24.2 Å². The molecule has 7 nitrogen and oxygen atoms in total. The molecule has 2 N–H and O–H groups in total. The van der Waals surface area contributed by atoms with E-state index in [-0.39, 0.29) is 18.4 Å². The van der Waals surface area contributed by atoms with E-state index < -0.39 is 12.0 Å². The summed E-state index contributed by atoms with van der Waals surface area (Å²) in [6.07, 6.45) is 2.00. The molecule has 7 heteroatoms. The topological polar surface area (TPSA) is 95.9 Å². The van der Waals surface area contributed by atoms with E-state index in [0.29, 0.717) is 24.3 Å². The summed E-state index contributed by atoms with van der Waals surface area (Å²) in [7, 11) is 1.55. The number of carboxylic acid groups (broad SMARTS) is 1. The zero-order valence-electron chi connectivity index (χ0n) is 13.9. The Balaban J connectivity index is 2.11. The molecule has 1 atom stereocenters. The van der Waals surface area contributed by atoms with Gasteiger partial charge in [-0.25, -0.2) is 0 Å². The van der Waals surface area contributed by atoms with Crippen molar-refractivity contribution in [2.24, 2.45) is 0 Å². The van der Waals surface area contributed by atoms with Crippen LogP contribution in [0.25, 0.3) is 0 Å². The first-order valence-corrected chi connectivity index (χ1v) is 7.88. The van der Waals surface area contributed by atoms with Gasteiger partial charge in [0, 0.05) is 12.1 Å². The number of amides is 2. The summed E-state index contributed by atoms with van der Waals surface area (Å²) in [5.41, 5.74) is 1.22. The lowest BCUT2D eigenvalue weighted by Crippen LogP contribution is -2.48. The predicted octanol–water partition coefficient (Wildman–Crippen LogP) is 1.20. The maximum Gasteiger partial charge on any atom is 0.323 e. The molecule has 24 heavy (non-hydrogen) atoms. The second-order valence-electron chi connectivity index (χ2n) is 5.86. The molecule has 1 aliphatic rings. The van der Waals surface area contributed by atoms with Gasteiger partial charge in [-0.2, -0.15) is 0 Å². The van der Waals surface area contributed by atoms with E-state index in [2.05, 4.69) is 5.32 Å². The van der Waals surface area contributed by atoms with Crippen LogP contribution < -0.4 is 10.1 Å². The molecule has 1 saturated heterocycles. The Bertz CT molecular complexity index is 644. The number of ether oxygens (including phenoxy) is 1. The molecule has 0 saturated carbocycles. The van der Waals surface area contributed by atoms with Gasteiger partial charge in [0.1, 0.15) is 18.3 Å². The standard InChI is InChI=1S/C17H22N2O5/c1-11-9-12(24-2)6-7-13(11)16(22)18-14-5-3-4-8-19(17(14)23)10-15(20)21/h6-7,9,14H,3-5,8,10H2,1-2H3,(H,18,22)(H,20,21). The molecule has 0 aliphatic carbocycles. The summed E-state index contributed by atoms with van der Waals surface area (Å²) in [6, 6.07) is 4.40. The average Bonchev–Trinajstić information content (AvgIpc) is 2.70. The fourth-order valence-electron chi connectivity index (χ4n) is 2.81. The van der Waals surface area contributed by atoms with E-state index in [1.807, 2.05) is 0 Å². The lowest BCUT2D eigenvalue weighted by molar-refractivity contribution is -0.144. The zero-order valence-corrected chi connectivity index (χ0v) is 13.9. The quantitative estimate of drug-likeness (QED) is 0.843. The fourth-order valence-corrected chi connectivity index (χ4v) is 2.81. The van der Waals surface area contributed by atoms with Crippen LogP contribution in [0.15, 0.2) is 18.2 Å². The fraction of sp³-hybridized carbons (Fsp3) is 0.471. The Kier molecular flexibility index (Phi) is 5.78. The van der Waals surface area contributed by atoms with Crippen LogP contribution in [-0.2, 0) is 9.59 Å². The number of aliphatic carboxylic acids is 1. The molecule has 2 amide bonds. The number of carbonyl (C=O) groups is 3. The van der Waals surface area contributed by atoms with Gasteiger partial charge in [-0.15, -0.1) is 0 Å². The highest BCUT2D eigenvalue weighted by atomic mass is 16.5. The molecular weight excluding hydrogens is 312 g/mol. The number of carboxylic acids is 1. The molecular formula is C17H22N2O5. The first kappa shape index (κ1) is 17.8. The van der Waals surface area contributed by atoms with Crippen molar-refractivity contribution in [3.63, 3.8) is 0 Å². The van der Waals surface area contributed by atoms with Gasteiger partial charge < -0.3 is 20.1 Å². The van der Waals surface area contributed by atoms with Crippen LogP contribution in [0.2, 0.25) is 0 Å². The lowest BCUT2D eigenvalue weighted by Gasteiger charge is -2.23. The third-order valence-electron chi connectivity index (χ3n) is 4.09. The number of likely N-dealkylation sites (tertiary alicyclic amines) is 1. The summed E-state index contributed by atoms with van der Waals surface area (Å²) in [4.78, 5) is 37.1. The molecule has 1 unspecified atom stereocenters. The molecule has 1 fully saturated rings. The third-order valence-corrected chi connectivity index (χ3v) is 4.09. The van der Waals surface area contributed by atoms with E-state index in [4.69, 9.17) is 9.84 Å². The van der Waals surface area contributed by atoms with Crippen molar-refractivity contribution in [2.75, 3.05) is 20.2 Å². The minimum Gasteiger partial charge on any atom is -0.497 e. The number of nitrogens with one attached hydrogen (secondary N) is 1. The number of carbonyl (C=O) groups excluding carboxylic acids is 2. The summed E-state index contributed by atoms with van der Waals surface area (Å²) in [5, 5.41) is 11.7. The van der Waals surface area contributed by atoms with E-state index >= 15 is 0 Å². The van der Waals surface area contributed by atoms with Crippen molar-refractivity contribution in [3.8, 4) is 5.75 Å². The van der Waals surface area contributed by atoms with Crippen LogP contribution in [0.1, 0.15) is 35.2 Å². The van der Waals surface area contributed by atoms with Crippen molar-refractivity contribution in [1.82, 2.24) is 10.2 Å². The van der Waals surface area contributed by atoms with Crippen molar-refractivity contribution >= 4 is 17.8 Å². The first-order valence-electron chi connectivity index (χ1n) is 7.88. The Labute approximate surface area is 140 Å². The summed E-state index contributed by atoms with van der Waals surface area (Å²) < 4.78 is 5.12. The van der Waals surface area contributed by atoms with Gasteiger partial charge in [-0.3, -0.25) is 14.4 Å². The van der Waals surface area contributed by atoms with Crippen molar-refractivity contribution in [2.45, 2.75) is 32.2 Å². The van der Waals surface area contributed by atoms with E-state index in [1.54, 1.807) is 32.2 Å². The Hall–Kier alpha value is -2.57. The summed E-state index contributed by atoms with van der Waals surface area (Å²) >= 11 is 0. The highest BCUT2D eigenvalue weighted by Crippen LogP contribution is 2.18. The molecule has 0 aromatic heterocycles. The van der Waals surface area contributed by atoms with Crippen LogP contribution in [0.3, 0.4) is 0 Å². The third kappa shape index (κ3) is 4.24. The SMILES string of the molecule is COc1ccc(C(=O)NC2CCCCN(CC(=O)O)C2=O)c(C)c1. The van der Waals surface area contributed by atoms with Gasteiger partial charge in [-0.05, 0) is 49.9 Å². The van der Waals surface area contributed by atoms with Gasteiger partial charge in [0.15, 0.2) is 0 Å². The predicted molar refractivity (Wildman–Crippen MR) is 87.1 cm³/mol. The van der Waals surface area contributed by atoms with Crippen molar-refractivity contribution in [1.29, 1.82) is 0 Å². The van der Waals surface area contributed by atoms with E-state index in [9.17, 15) is 14.4 Å². The first-order chi connectivity index (χ1) is 11.4. The van der Waals surface area contributed by atoms with Crippen LogP contribution in [0, 0.1) is 6.92 Å². The zero-order chi connectivity index (χ0) is 17.7. The second-order valence-corrected chi connectivity index (χ2v) is 5.86. The number of hydrogen-bond acceptors (Lipinski definition) is 4. The van der Waals surface area contributed by atoms with Crippen molar-refractivity contribution in [3.05, 3.63) is 29.3 Å². The number of nitrogens with zero attached hydrogens (tertiary/aromatic N) is 1. The Morgan fingerprint density at radius 3 is 2.75 bits per heavy atom. The molecule has 1 aliphatic heterocycles. The van der Waals surface area contributed by atoms with Crippen LogP contribution in [0.4, 0.5) is 0 Å². The molecule has 0 bridgehead atoms. The number of aryl methyl sites for hydroxylation is 1. The van der Waals surface area contributed by atoms with E-state index in [1.165, 1.54) is 4.90 Å². The monoisotopic (exact) mass is 334 g/mol. The minimum atomic E-state index is -1.05. The molecule has 2 rings (SSSR count). The van der Waals surface area contributed by atoms with Gasteiger partial charge in [0.05, 0.1) is 7.11 Å². The smallest absolute Gasteiger partial charge is 0.323 e. The Morgan fingerprint density at radius 1 is 1.38 bits per heavy atom. The van der Waals surface area contributed by atoms with Gasteiger partial charge in [-0.1, -0.05) is 0 Å². The highest BCUT2D eigenvalue weighted by Gasteiger charge is 2.29. The molecule has 0 radical (unpaired) electrons. The van der Waals surface area contributed by atoms with Gasteiger partial charge >= 0.3 is 5.97 Å². The molecule has 1 aromatic rings. The lowest BCUT2D eigenvalue weighted by atomic mass is 10.1. The normalized spacial score (nSPS) is 18.0. The number of rotatable bonds is 5. The van der Waals surface area contributed by atoms with Crippen LogP contribution in [0.5, 0.6) is 5.75 Å². The average molecular weight is 334 g/mol. The minimum absolute atomic E-state index is 0.339. The van der Waals surface area contributed by atoms with Crippen LogP contribution in [-0.4, -0.2) is 54.0 Å². The summed E-state index contributed by atoms with van der Waals surface area (Å²) in [6.45, 7) is 1.86. The highest BCUT2D eigenvalue weighted by molar-refractivity contribution is 5.99. The maximum atomic E-state index is 12.5. The number of benzene rings is 1. The second kappa shape index (κ2) is 7.81. The molecule has 0 spiro atoms. The van der Waals surface area contributed by atoms with Crippen LogP contribution >= 0.6 is 0 Å². The van der Waals surface area contributed by atoms with Gasteiger partial charge in [0.2, 0.25) is 5.91 Å². The molecule has 1 heterocycles. The number of hydrogen-bond donors (Lipinski definition) is 2. The number of methoxy groups -OCH3 is 1. The largest absolute Gasteiger partial charge is 0.497 e.